The van der Waals surface area contributed by atoms with Crippen molar-refractivity contribution >= 4 is 33.2 Å². The van der Waals surface area contributed by atoms with Gasteiger partial charge in [0.25, 0.3) is 5.91 Å². The Labute approximate surface area is 190 Å². The van der Waals surface area contributed by atoms with Crippen LogP contribution in [0.25, 0.3) is 0 Å². The third-order valence-corrected chi connectivity index (χ3v) is 8.10. The molecule has 0 atom stereocenters. The molecule has 2 heterocycles. The van der Waals surface area contributed by atoms with Crippen LogP contribution in [0.3, 0.4) is 0 Å². The Morgan fingerprint density at radius 3 is 2.55 bits per heavy atom. The van der Waals surface area contributed by atoms with Crippen molar-refractivity contribution in [1.29, 1.82) is 0 Å². The molecule has 0 fully saturated rings. The van der Waals surface area contributed by atoms with Crippen molar-refractivity contribution in [2.24, 2.45) is 0 Å². The van der Waals surface area contributed by atoms with E-state index >= 15 is 0 Å². The minimum absolute atomic E-state index is 0.0565. The molecule has 3 rings (SSSR count). The molecule has 1 amide bonds. The number of pyridine rings is 1. The second-order valence-electron chi connectivity index (χ2n) is 8.29. The molecule has 8 heteroatoms. The molecule has 31 heavy (non-hydrogen) atoms. The molecule has 1 aliphatic rings. The van der Waals surface area contributed by atoms with E-state index < -0.39 is 15.6 Å². The third-order valence-electron chi connectivity index (χ3n) is 5.91. The summed E-state index contributed by atoms with van der Waals surface area (Å²) in [7, 11) is -3.15. The van der Waals surface area contributed by atoms with Crippen LogP contribution in [-0.4, -0.2) is 42.5 Å². The second-order valence-corrected chi connectivity index (χ2v) is 11.0. The maximum absolute atomic E-state index is 13.1. The van der Waals surface area contributed by atoms with Crippen LogP contribution in [0.1, 0.15) is 62.0 Å². The normalized spacial score (nSPS) is 15.5. The number of anilines is 1. The Balaban J connectivity index is 1.71. The highest BCUT2D eigenvalue weighted by molar-refractivity contribution is 7.89. The second kappa shape index (κ2) is 9.27. The van der Waals surface area contributed by atoms with Crippen LogP contribution < -0.4 is 4.90 Å². The van der Waals surface area contributed by atoms with Crippen LogP contribution in [0.15, 0.2) is 36.7 Å². The minimum atomic E-state index is -3.15. The van der Waals surface area contributed by atoms with Gasteiger partial charge in [-0.3, -0.25) is 14.7 Å². The molecule has 0 radical (unpaired) electrons. The number of unbranched alkanes of at least 4 members (excludes halogenated alkanes) is 1. The number of fused-ring (bicyclic) bond motifs is 1. The molecule has 2 aromatic rings. The molecule has 168 valence electrons. The lowest BCUT2D eigenvalue weighted by atomic mass is 9.93. The van der Waals surface area contributed by atoms with E-state index in [0.717, 1.165) is 36.1 Å². The lowest BCUT2D eigenvalue weighted by Crippen LogP contribution is -2.39. The fraction of sp³-hybridized carbons (Fsp3) is 0.478. The van der Waals surface area contributed by atoms with E-state index in [9.17, 15) is 13.2 Å². The first-order valence-electron chi connectivity index (χ1n) is 10.7. The Morgan fingerprint density at radius 1 is 1.13 bits per heavy atom. The Morgan fingerprint density at radius 2 is 1.87 bits per heavy atom. The zero-order valence-electron chi connectivity index (χ0n) is 18.6. The van der Waals surface area contributed by atoms with Gasteiger partial charge in [-0.05, 0) is 75.4 Å². The molecule has 1 aromatic heterocycles. The molecular weight excluding hydrogens is 434 g/mol. The molecule has 1 aromatic carbocycles. The summed E-state index contributed by atoms with van der Waals surface area (Å²) in [6.45, 7) is 8.56. The number of hydrogen-bond donors (Lipinski definition) is 0. The summed E-state index contributed by atoms with van der Waals surface area (Å²) in [6, 6.07) is 7.38. The summed E-state index contributed by atoms with van der Waals surface area (Å²) >= 11 is 6.18. The summed E-state index contributed by atoms with van der Waals surface area (Å²) in [5, 5.41) is 0.611. The Bertz CT molecular complexity index is 1070. The topological polar surface area (TPSA) is 70.6 Å². The van der Waals surface area contributed by atoms with Gasteiger partial charge < -0.3 is 0 Å². The quantitative estimate of drug-likeness (QED) is 0.508. The van der Waals surface area contributed by atoms with Crippen molar-refractivity contribution in [3.8, 4) is 0 Å². The Hall–Kier alpha value is -1.96. The van der Waals surface area contributed by atoms with Gasteiger partial charge in [-0.2, -0.15) is 0 Å². The van der Waals surface area contributed by atoms with Crippen molar-refractivity contribution in [1.82, 2.24) is 9.29 Å². The van der Waals surface area contributed by atoms with Crippen molar-refractivity contribution in [2.45, 2.75) is 52.5 Å². The van der Waals surface area contributed by atoms with Crippen LogP contribution in [0, 0.1) is 0 Å². The molecule has 1 aliphatic heterocycles. The largest absolute Gasteiger partial charge is 0.297 e. The number of aromatic nitrogens is 1. The summed E-state index contributed by atoms with van der Waals surface area (Å²) < 4.78 is 25.7. The summed E-state index contributed by atoms with van der Waals surface area (Å²) in [5.41, 5.74) is 2.82. The molecule has 0 saturated heterocycles. The summed E-state index contributed by atoms with van der Waals surface area (Å²) in [5.74, 6) is 0.0686. The maximum atomic E-state index is 13.1. The van der Waals surface area contributed by atoms with Crippen molar-refractivity contribution < 1.29 is 13.2 Å². The highest BCUT2D eigenvalue weighted by Crippen LogP contribution is 2.42. The first-order valence-corrected chi connectivity index (χ1v) is 12.7. The predicted molar refractivity (Wildman–Crippen MR) is 125 cm³/mol. The van der Waals surface area contributed by atoms with Gasteiger partial charge in [0, 0.05) is 29.9 Å². The van der Waals surface area contributed by atoms with Crippen LogP contribution in [-0.2, 0) is 22.0 Å². The molecular formula is C23H30ClN3O3S. The number of nitrogens with zero attached hydrogens (tertiary/aromatic N) is 3. The molecule has 0 N–H and O–H groups in total. The molecule has 0 saturated carbocycles. The number of carbonyl (C=O) groups excluding carboxylic acids is 1. The molecule has 0 bridgehead atoms. The van der Waals surface area contributed by atoms with Gasteiger partial charge in [-0.1, -0.05) is 18.5 Å². The van der Waals surface area contributed by atoms with E-state index in [0.29, 0.717) is 23.7 Å². The molecule has 0 aliphatic carbocycles. The summed E-state index contributed by atoms with van der Waals surface area (Å²) in [4.78, 5) is 19.3. The number of hydrogen-bond acceptors (Lipinski definition) is 4. The lowest BCUT2D eigenvalue weighted by molar-refractivity contribution is 0.0982. The van der Waals surface area contributed by atoms with E-state index in [4.69, 9.17) is 11.6 Å². The van der Waals surface area contributed by atoms with E-state index in [1.54, 1.807) is 36.4 Å². The van der Waals surface area contributed by atoms with E-state index in [-0.39, 0.29) is 11.7 Å². The number of benzene rings is 1. The number of rotatable bonds is 9. The number of carbonyl (C=O) groups is 1. The van der Waals surface area contributed by atoms with E-state index in [1.165, 1.54) is 4.31 Å². The van der Waals surface area contributed by atoms with Crippen LogP contribution in [0.5, 0.6) is 0 Å². The molecule has 0 unspecified atom stereocenters. The van der Waals surface area contributed by atoms with Crippen molar-refractivity contribution in [2.75, 3.05) is 23.7 Å². The number of amides is 1. The molecule has 6 nitrogen and oxygen atoms in total. The standard InChI is InChI=1S/C23H30ClN3O3S/c1-5-26(31(29,30)6-2)12-8-7-9-17-13-19(16-25-15-17)27-22(28)20-11-10-18(24)14-21(20)23(27,3)4/h10-11,13-16H,5-9,12H2,1-4H3. The van der Waals surface area contributed by atoms with Gasteiger partial charge in [-0.15, -0.1) is 0 Å². The van der Waals surface area contributed by atoms with Crippen LogP contribution in [0.2, 0.25) is 5.02 Å². The average Bonchev–Trinajstić information content (AvgIpc) is 2.93. The first kappa shape index (κ1) is 23.7. The number of sulfonamides is 1. The first-order chi connectivity index (χ1) is 14.6. The fourth-order valence-electron chi connectivity index (χ4n) is 4.17. The van der Waals surface area contributed by atoms with Gasteiger partial charge in [0.05, 0.1) is 23.2 Å². The average molecular weight is 464 g/mol. The zero-order chi connectivity index (χ0) is 22.8. The zero-order valence-corrected chi connectivity index (χ0v) is 20.1. The summed E-state index contributed by atoms with van der Waals surface area (Å²) in [6.07, 6.45) is 5.90. The van der Waals surface area contributed by atoms with E-state index in [1.807, 2.05) is 32.9 Å². The number of halogens is 1. The highest BCUT2D eigenvalue weighted by Gasteiger charge is 2.44. The van der Waals surface area contributed by atoms with Crippen molar-refractivity contribution in [3.63, 3.8) is 0 Å². The van der Waals surface area contributed by atoms with Gasteiger partial charge in [0.1, 0.15) is 0 Å². The maximum Gasteiger partial charge on any atom is 0.259 e. The van der Waals surface area contributed by atoms with Gasteiger partial charge in [0.2, 0.25) is 10.0 Å². The highest BCUT2D eigenvalue weighted by atomic mass is 35.5. The number of aryl methyl sites for hydroxylation is 1. The fourth-order valence-corrected chi connectivity index (χ4v) is 5.51. The SMILES string of the molecule is CCN(CCCCc1cncc(N2C(=O)c3ccc(Cl)cc3C2(C)C)c1)S(=O)(=O)CC. The van der Waals surface area contributed by atoms with E-state index in [2.05, 4.69) is 4.98 Å². The van der Waals surface area contributed by atoms with Crippen molar-refractivity contribution in [3.05, 3.63) is 58.4 Å². The monoisotopic (exact) mass is 463 g/mol. The molecule has 0 spiro atoms. The van der Waals surface area contributed by atoms with Gasteiger partial charge in [-0.25, -0.2) is 12.7 Å². The Kier molecular flexibility index (Phi) is 7.08. The smallest absolute Gasteiger partial charge is 0.259 e. The lowest BCUT2D eigenvalue weighted by Gasteiger charge is -2.32. The van der Waals surface area contributed by atoms with Gasteiger partial charge >= 0.3 is 0 Å². The van der Waals surface area contributed by atoms with Gasteiger partial charge in [0.15, 0.2) is 0 Å². The third kappa shape index (κ3) is 4.78. The predicted octanol–water partition coefficient (Wildman–Crippen LogP) is 4.62. The van der Waals surface area contributed by atoms with Crippen LogP contribution >= 0.6 is 11.6 Å². The van der Waals surface area contributed by atoms with Crippen LogP contribution in [0.4, 0.5) is 5.69 Å². The minimum Gasteiger partial charge on any atom is -0.297 e.